The van der Waals surface area contributed by atoms with E-state index in [0.717, 1.165) is 39.7 Å². The second-order valence-electron chi connectivity index (χ2n) is 9.24. The number of nitrogens with zero attached hydrogens (tertiary/aromatic N) is 1. The maximum Gasteiger partial charge on any atom is 0.323 e. The zero-order chi connectivity index (χ0) is 29.2. The van der Waals surface area contributed by atoms with Crippen LogP contribution in [0.5, 0.6) is 11.5 Å². The molecule has 9 heteroatoms. The van der Waals surface area contributed by atoms with Gasteiger partial charge in [0.15, 0.2) is 11.6 Å². The van der Waals surface area contributed by atoms with Crippen molar-refractivity contribution in [2.75, 3.05) is 13.2 Å². The Hall–Kier alpha value is -4.92. The molecule has 0 aliphatic heterocycles. The first-order chi connectivity index (χ1) is 19.8. The lowest BCUT2D eigenvalue weighted by atomic mass is 10.0. The fourth-order valence-corrected chi connectivity index (χ4v) is 4.37. The molecule has 1 heterocycles. The number of carboxylic acids is 2. The smallest absolute Gasteiger partial charge is 0.323 e. The number of carboxylic acid groups (broad SMARTS) is 2. The van der Waals surface area contributed by atoms with Gasteiger partial charge in [0.2, 0.25) is 0 Å². The summed E-state index contributed by atoms with van der Waals surface area (Å²) < 4.78 is 39.2. The number of hydrogen-bond acceptors (Lipinski definition) is 4. The molecule has 41 heavy (non-hydrogen) atoms. The van der Waals surface area contributed by atoms with Crippen molar-refractivity contribution < 1.29 is 38.1 Å². The summed E-state index contributed by atoms with van der Waals surface area (Å²) in [5.74, 6) is -2.61. The van der Waals surface area contributed by atoms with E-state index in [1.165, 1.54) is 6.07 Å². The summed E-state index contributed by atoms with van der Waals surface area (Å²) in [6.07, 6.45) is 10.1. The van der Waals surface area contributed by atoms with Gasteiger partial charge in [-0.25, -0.2) is 8.78 Å². The lowest BCUT2D eigenvalue weighted by Gasteiger charge is -2.06. The highest BCUT2D eigenvalue weighted by molar-refractivity contribution is 5.94. The van der Waals surface area contributed by atoms with Crippen LogP contribution < -0.4 is 9.47 Å². The number of rotatable bonds is 14. The minimum atomic E-state index is -0.961. The second kappa shape index (κ2) is 13.9. The summed E-state index contributed by atoms with van der Waals surface area (Å²) in [6, 6.07) is 16.3. The quantitative estimate of drug-likeness (QED) is 0.133. The number of aromatic nitrogens is 1. The number of fused-ring (bicyclic) bond motifs is 1. The third kappa shape index (κ3) is 8.28. The van der Waals surface area contributed by atoms with Crippen molar-refractivity contribution in [3.8, 4) is 11.5 Å². The minimum absolute atomic E-state index is 0.0249. The Morgan fingerprint density at radius 3 is 2.34 bits per heavy atom. The van der Waals surface area contributed by atoms with Crippen molar-refractivity contribution in [1.29, 1.82) is 0 Å². The van der Waals surface area contributed by atoms with Gasteiger partial charge in [0.25, 0.3) is 0 Å². The first-order valence-corrected chi connectivity index (χ1v) is 13.0. The molecule has 4 aromatic rings. The molecule has 0 aliphatic rings. The number of aliphatic carboxylic acids is 2. The Balaban J connectivity index is 1.37. The van der Waals surface area contributed by atoms with Crippen LogP contribution in [0, 0.1) is 11.6 Å². The topological polar surface area (TPSA) is 98.0 Å². The monoisotopic (exact) mass is 561 g/mol. The van der Waals surface area contributed by atoms with Crippen LogP contribution in [0.2, 0.25) is 0 Å². The van der Waals surface area contributed by atoms with Crippen molar-refractivity contribution in [2.45, 2.75) is 25.8 Å². The van der Waals surface area contributed by atoms with Gasteiger partial charge in [-0.3, -0.25) is 9.59 Å². The molecule has 3 aromatic carbocycles. The molecule has 0 unspecified atom stereocenters. The van der Waals surface area contributed by atoms with Crippen molar-refractivity contribution in [3.63, 3.8) is 0 Å². The van der Waals surface area contributed by atoms with Crippen LogP contribution in [0.4, 0.5) is 8.78 Å². The second-order valence-corrected chi connectivity index (χ2v) is 9.24. The molecule has 4 rings (SSSR count). The molecular formula is C32H29F2NO6. The van der Waals surface area contributed by atoms with Crippen LogP contribution in [0.25, 0.3) is 23.1 Å². The Labute approximate surface area is 235 Å². The van der Waals surface area contributed by atoms with E-state index in [9.17, 15) is 23.5 Å². The molecule has 0 aliphatic carbocycles. The summed E-state index contributed by atoms with van der Waals surface area (Å²) in [7, 11) is 0. The molecule has 2 N–H and O–H groups in total. The Bertz CT molecular complexity index is 1570. The maximum atomic E-state index is 13.6. The summed E-state index contributed by atoms with van der Waals surface area (Å²) in [5, 5.41) is 19.3. The predicted octanol–water partition coefficient (Wildman–Crippen LogP) is 6.60. The first kappa shape index (κ1) is 29.1. The molecule has 7 nitrogen and oxygen atoms in total. The number of halogens is 2. The molecule has 0 radical (unpaired) electrons. The number of ether oxygens (including phenoxy) is 2. The van der Waals surface area contributed by atoms with Crippen molar-refractivity contribution in [2.24, 2.45) is 0 Å². The van der Waals surface area contributed by atoms with Gasteiger partial charge >= 0.3 is 11.9 Å². The summed E-state index contributed by atoms with van der Waals surface area (Å²) >= 11 is 0. The van der Waals surface area contributed by atoms with Gasteiger partial charge in [0.05, 0.1) is 5.52 Å². The highest BCUT2D eigenvalue weighted by atomic mass is 19.1. The van der Waals surface area contributed by atoms with E-state index >= 15 is 0 Å². The number of para-hydroxylation sites is 1. The Kier molecular flexibility index (Phi) is 9.88. The highest BCUT2D eigenvalue weighted by Gasteiger charge is 2.13. The summed E-state index contributed by atoms with van der Waals surface area (Å²) in [6.45, 7) is 0.194. The zero-order valence-electron chi connectivity index (χ0n) is 22.1. The first-order valence-electron chi connectivity index (χ1n) is 13.0. The van der Waals surface area contributed by atoms with Gasteiger partial charge in [-0.05, 0) is 65.9 Å². The average molecular weight is 562 g/mol. The van der Waals surface area contributed by atoms with E-state index in [1.807, 2.05) is 54.6 Å². The van der Waals surface area contributed by atoms with Gasteiger partial charge in [-0.2, -0.15) is 0 Å². The number of hydrogen-bond donors (Lipinski definition) is 2. The third-order valence-electron chi connectivity index (χ3n) is 6.23. The van der Waals surface area contributed by atoms with Crippen LogP contribution in [0.1, 0.15) is 29.5 Å². The standard InChI is InChI=1S/C32H29F2NO6/c33-25-13-16-29(28(34)19-25)41-18-2-1-17-40-26-14-10-22(11-15-26)9-12-23-5-3-7-27-24(6-4-8-30(36)37)20-35(32(23)27)21-31(38)39/h1-3,5,7,9-16,19-20H,4,6,8,17-18,21H2,(H,36,37)(H,38,39)/b2-1+,12-9?. The Morgan fingerprint density at radius 1 is 0.878 bits per heavy atom. The van der Waals surface area contributed by atoms with Gasteiger partial charge in [-0.15, -0.1) is 0 Å². The van der Waals surface area contributed by atoms with Gasteiger partial charge in [0, 0.05) is 24.1 Å². The molecule has 0 bridgehead atoms. The van der Waals surface area contributed by atoms with Gasteiger partial charge in [0.1, 0.15) is 31.3 Å². The van der Waals surface area contributed by atoms with Crippen molar-refractivity contribution >= 4 is 35.0 Å². The molecule has 0 saturated carbocycles. The SMILES string of the molecule is O=C(O)CCCc1cn(CC(=O)O)c2c(C=Cc3ccc(OC/C=C/COc4ccc(F)cc4F)cc3)cccc12. The third-order valence-corrected chi connectivity index (χ3v) is 6.23. The summed E-state index contributed by atoms with van der Waals surface area (Å²) in [5.41, 5.74) is 3.47. The van der Waals surface area contributed by atoms with Gasteiger partial charge < -0.3 is 24.3 Å². The van der Waals surface area contributed by atoms with Crippen molar-refractivity contribution in [3.05, 3.63) is 107 Å². The fourth-order valence-electron chi connectivity index (χ4n) is 4.37. The van der Waals surface area contributed by atoms with E-state index in [1.54, 1.807) is 22.9 Å². The molecule has 0 saturated heterocycles. The maximum absolute atomic E-state index is 13.6. The van der Waals surface area contributed by atoms with Crippen LogP contribution >= 0.6 is 0 Å². The summed E-state index contributed by atoms with van der Waals surface area (Å²) in [4.78, 5) is 22.4. The van der Waals surface area contributed by atoms with E-state index in [4.69, 9.17) is 14.6 Å². The lowest BCUT2D eigenvalue weighted by Crippen LogP contribution is -2.07. The minimum Gasteiger partial charge on any atom is -0.490 e. The fraction of sp³-hybridized carbons (Fsp3) is 0.188. The normalized spacial score (nSPS) is 11.5. The predicted molar refractivity (Wildman–Crippen MR) is 152 cm³/mol. The average Bonchev–Trinajstić information content (AvgIpc) is 3.28. The number of aryl methyl sites for hydroxylation is 1. The van der Waals surface area contributed by atoms with E-state index in [2.05, 4.69) is 0 Å². The van der Waals surface area contributed by atoms with Crippen LogP contribution in [-0.2, 0) is 22.6 Å². The zero-order valence-corrected chi connectivity index (χ0v) is 22.1. The van der Waals surface area contributed by atoms with Crippen molar-refractivity contribution in [1.82, 2.24) is 4.57 Å². The van der Waals surface area contributed by atoms with Crippen LogP contribution in [-0.4, -0.2) is 39.9 Å². The molecular weight excluding hydrogens is 532 g/mol. The van der Waals surface area contributed by atoms with Crippen LogP contribution in [0.3, 0.4) is 0 Å². The molecule has 0 fully saturated rings. The largest absolute Gasteiger partial charge is 0.490 e. The molecule has 0 amide bonds. The lowest BCUT2D eigenvalue weighted by molar-refractivity contribution is -0.138. The van der Waals surface area contributed by atoms with Gasteiger partial charge in [-0.1, -0.05) is 42.5 Å². The van der Waals surface area contributed by atoms with E-state index in [0.29, 0.717) is 18.6 Å². The van der Waals surface area contributed by atoms with E-state index < -0.39 is 23.6 Å². The Morgan fingerprint density at radius 2 is 1.63 bits per heavy atom. The molecule has 1 aromatic heterocycles. The molecule has 0 atom stereocenters. The highest BCUT2D eigenvalue weighted by Crippen LogP contribution is 2.28. The molecule has 0 spiro atoms. The number of carbonyl (C=O) groups is 2. The molecule has 212 valence electrons. The van der Waals surface area contributed by atoms with Crippen LogP contribution in [0.15, 0.2) is 79.0 Å². The number of benzene rings is 3. The van der Waals surface area contributed by atoms with E-state index in [-0.39, 0.29) is 31.9 Å².